The second-order valence-electron chi connectivity index (χ2n) is 3.16. The molecule has 1 aromatic heterocycles. The van der Waals surface area contributed by atoms with Crippen molar-refractivity contribution in [1.82, 2.24) is 9.69 Å². The number of hydrogen-bond donors (Lipinski definition) is 1. The highest BCUT2D eigenvalue weighted by Crippen LogP contribution is 2.27. The predicted octanol–water partition coefficient (Wildman–Crippen LogP) is 2.82. The van der Waals surface area contributed by atoms with Crippen molar-refractivity contribution < 1.29 is 0 Å². The van der Waals surface area contributed by atoms with Crippen LogP contribution < -0.4 is 5.32 Å². The summed E-state index contributed by atoms with van der Waals surface area (Å²) in [6.07, 6.45) is 2.97. The normalized spacial score (nSPS) is 11.0. The lowest BCUT2D eigenvalue weighted by atomic mass is 10.1. The molecule has 1 heterocycles. The Morgan fingerprint density at radius 1 is 1.50 bits per heavy atom. The van der Waals surface area contributed by atoms with Crippen LogP contribution in [0.5, 0.6) is 0 Å². The van der Waals surface area contributed by atoms with Crippen molar-refractivity contribution in [1.29, 1.82) is 0 Å². The minimum Gasteiger partial charge on any atom is -0.319 e. The summed E-state index contributed by atoms with van der Waals surface area (Å²) >= 11 is 5.09. The Bertz CT molecular complexity index is 439. The van der Waals surface area contributed by atoms with Gasteiger partial charge in [0, 0.05) is 16.1 Å². The van der Waals surface area contributed by atoms with Crippen molar-refractivity contribution in [2.45, 2.75) is 6.42 Å². The van der Waals surface area contributed by atoms with Gasteiger partial charge in [-0.1, -0.05) is 15.9 Å². The lowest BCUT2D eigenvalue weighted by Gasteiger charge is -2.02. The van der Waals surface area contributed by atoms with Gasteiger partial charge in [0.1, 0.15) is 0 Å². The molecule has 1 N–H and O–H groups in total. The van der Waals surface area contributed by atoms with Crippen molar-refractivity contribution in [3.8, 4) is 0 Å². The molecule has 4 heteroatoms. The van der Waals surface area contributed by atoms with E-state index in [0.29, 0.717) is 0 Å². The van der Waals surface area contributed by atoms with Crippen LogP contribution in [0.15, 0.2) is 22.8 Å². The minimum absolute atomic E-state index is 1.00. The molecule has 0 radical (unpaired) electrons. The monoisotopic (exact) mass is 270 g/mol. The maximum absolute atomic E-state index is 4.21. The predicted molar refractivity (Wildman–Crippen MR) is 65.0 cm³/mol. The number of nitrogens with zero attached hydrogens (tertiary/aromatic N) is 1. The number of fused-ring (bicyclic) bond motifs is 1. The smallest absolute Gasteiger partial charge is 0.0583 e. The maximum atomic E-state index is 4.21. The molecule has 0 aliphatic heterocycles. The van der Waals surface area contributed by atoms with Crippen LogP contribution in [0.4, 0.5) is 0 Å². The second-order valence-corrected chi connectivity index (χ2v) is 4.88. The first-order valence-electron chi connectivity index (χ1n) is 4.48. The van der Waals surface area contributed by atoms with E-state index in [4.69, 9.17) is 0 Å². The summed E-state index contributed by atoms with van der Waals surface area (Å²) in [4.78, 5) is 0. The quantitative estimate of drug-likeness (QED) is 0.928. The van der Waals surface area contributed by atoms with Crippen molar-refractivity contribution in [3.63, 3.8) is 0 Å². The van der Waals surface area contributed by atoms with Gasteiger partial charge in [-0.2, -0.15) is 4.37 Å². The Kier molecular flexibility index (Phi) is 3.15. The number of halogens is 1. The molecule has 2 aromatic rings. The molecular weight excluding hydrogens is 260 g/mol. The molecule has 0 saturated heterocycles. The van der Waals surface area contributed by atoms with Crippen molar-refractivity contribution >= 4 is 37.5 Å². The van der Waals surface area contributed by atoms with E-state index in [-0.39, 0.29) is 0 Å². The lowest BCUT2D eigenvalue weighted by Crippen LogP contribution is -2.10. The molecule has 2 nitrogen and oxygen atoms in total. The van der Waals surface area contributed by atoms with Gasteiger partial charge < -0.3 is 5.32 Å². The number of benzene rings is 1. The zero-order valence-electron chi connectivity index (χ0n) is 7.88. The fourth-order valence-electron chi connectivity index (χ4n) is 1.46. The Balaban J connectivity index is 2.44. The average Bonchev–Trinajstić information content (AvgIpc) is 2.61. The third-order valence-corrected chi connectivity index (χ3v) is 3.49. The summed E-state index contributed by atoms with van der Waals surface area (Å²) < 4.78 is 6.66. The molecular formula is C10H11BrN2S. The third kappa shape index (κ3) is 1.97. The molecule has 0 fully saturated rings. The van der Waals surface area contributed by atoms with Gasteiger partial charge in [-0.3, -0.25) is 0 Å². The second kappa shape index (κ2) is 4.38. The Labute approximate surface area is 95.6 Å². The third-order valence-electron chi connectivity index (χ3n) is 2.14. The van der Waals surface area contributed by atoms with Gasteiger partial charge in [0.05, 0.1) is 4.70 Å². The van der Waals surface area contributed by atoms with Crippen LogP contribution in [0.1, 0.15) is 5.56 Å². The summed E-state index contributed by atoms with van der Waals surface area (Å²) in [6.45, 7) is 1.00. The molecule has 0 aliphatic carbocycles. The van der Waals surface area contributed by atoms with E-state index in [1.165, 1.54) is 15.6 Å². The van der Waals surface area contributed by atoms with Gasteiger partial charge in [0.2, 0.25) is 0 Å². The fourth-order valence-corrected chi connectivity index (χ4v) is 2.75. The van der Waals surface area contributed by atoms with Gasteiger partial charge in [-0.05, 0) is 49.2 Å². The van der Waals surface area contributed by atoms with Gasteiger partial charge in [0.15, 0.2) is 0 Å². The molecule has 0 spiro atoms. The number of hydrogen-bond acceptors (Lipinski definition) is 3. The summed E-state index contributed by atoms with van der Waals surface area (Å²) in [5.41, 5.74) is 1.37. The molecule has 0 saturated carbocycles. The van der Waals surface area contributed by atoms with Crippen LogP contribution >= 0.6 is 27.5 Å². The lowest BCUT2D eigenvalue weighted by molar-refractivity contribution is 0.795. The Morgan fingerprint density at radius 3 is 3.14 bits per heavy atom. The number of likely N-dealkylation sites (N-methyl/N-ethyl adjacent to an activating group) is 1. The summed E-state index contributed by atoms with van der Waals surface area (Å²) in [5, 5.41) is 4.39. The summed E-state index contributed by atoms with van der Waals surface area (Å²) in [5.74, 6) is 0. The zero-order chi connectivity index (χ0) is 9.97. The largest absolute Gasteiger partial charge is 0.319 e. The van der Waals surface area contributed by atoms with Gasteiger partial charge in [-0.25, -0.2) is 0 Å². The summed E-state index contributed by atoms with van der Waals surface area (Å²) in [6, 6.07) is 4.29. The van der Waals surface area contributed by atoms with Crippen LogP contribution in [-0.2, 0) is 6.42 Å². The number of aromatic nitrogens is 1. The highest BCUT2D eigenvalue weighted by Gasteiger charge is 2.04. The van der Waals surface area contributed by atoms with E-state index in [1.54, 1.807) is 11.5 Å². The Hall–Kier alpha value is -0.450. The average molecular weight is 271 g/mol. The SMILES string of the molecule is CNCCc1cc(Br)cc2cnsc12. The zero-order valence-corrected chi connectivity index (χ0v) is 10.3. The van der Waals surface area contributed by atoms with E-state index in [9.17, 15) is 0 Å². The van der Waals surface area contributed by atoms with Crippen LogP contribution in [0.25, 0.3) is 10.1 Å². The standard InChI is InChI=1S/C10H11BrN2S/c1-12-3-2-7-4-9(11)5-8-6-13-14-10(7)8/h4-6,12H,2-3H2,1H3. The molecule has 0 unspecified atom stereocenters. The minimum atomic E-state index is 1.00. The fraction of sp³-hybridized carbons (Fsp3) is 0.300. The number of rotatable bonds is 3. The molecule has 0 atom stereocenters. The van der Waals surface area contributed by atoms with Crippen molar-refractivity contribution in [2.75, 3.05) is 13.6 Å². The molecule has 0 aliphatic rings. The summed E-state index contributed by atoms with van der Waals surface area (Å²) in [7, 11) is 1.97. The maximum Gasteiger partial charge on any atom is 0.0583 e. The first kappa shape index (κ1) is 10.1. The van der Waals surface area contributed by atoms with E-state index in [0.717, 1.165) is 17.4 Å². The highest BCUT2D eigenvalue weighted by molar-refractivity contribution is 9.10. The van der Waals surface area contributed by atoms with E-state index in [2.05, 4.69) is 37.8 Å². The van der Waals surface area contributed by atoms with Crippen LogP contribution in [0.3, 0.4) is 0 Å². The van der Waals surface area contributed by atoms with Gasteiger partial charge in [-0.15, -0.1) is 0 Å². The van der Waals surface area contributed by atoms with Gasteiger partial charge >= 0.3 is 0 Å². The topological polar surface area (TPSA) is 24.9 Å². The van der Waals surface area contributed by atoms with Crippen molar-refractivity contribution in [2.24, 2.45) is 0 Å². The molecule has 74 valence electrons. The highest BCUT2D eigenvalue weighted by atomic mass is 79.9. The van der Waals surface area contributed by atoms with Crippen LogP contribution in [-0.4, -0.2) is 18.0 Å². The van der Waals surface area contributed by atoms with E-state index < -0.39 is 0 Å². The first-order chi connectivity index (χ1) is 6.81. The Morgan fingerprint density at radius 2 is 2.36 bits per heavy atom. The molecule has 1 aromatic carbocycles. The molecule has 0 amide bonds. The van der Waals surface area contributed by atoms with E-state index in [1.807, 2.05) is 13.2 Å². The molecule has 14 heavy (non-hydrogen) atoms. The van der Waals surface area contributed by atoms with Crippen LogP contribution in [0.2, 0.25) is 0 Å². The van der Waals surface area contributed by atoms with Crippen molar-refractivity contribution in [3.05, 3.63) is 28.4 Å². The van der Waals surface area contributed by atoms with Gasteiger partial charge in [0.25, 0.3) is 0 Å². The van der Waals surface area contributed by atoms with Crippen LogP contribution in [0, 0.1) is 0 Å². The van der Waals surface area contributed by atoms with E-state index >= 15 is 0 Å². The first-order valence-corrected chi connectivity index (χ1v) is 6.05. The molecule has 2 rings (SSSR count). The number of nitrogens with one attached hydrogen (secondary N) is 1. The molecule has 0 bridgehead atoms.